The molecule has 0 aliphatic carbocycles. The van der Waals surface area contributed by atoms with Crippen molar-refractivity contribution >= 4 is 13.6 Å². The second kappa shape index (κ2) is 8.71. The Morgan fingerprint density at radius 3 is 2.62 bits per heavy atom. The minimum atomic E-state index is 0.777. The first-order chi connectivity index (χ1) is 6.33. The van der Waals surface area contributed by atoms with Crippen LogP contribution in [0.4, 0.5) is 0 Å². The fourth-order valence-corrected chi connectivity index (χ4v) is 0.790. The summed E-state index contributed by atoms with van der Waals surface area (Å²) in [5, 5.41) is 0. The predicted molar refractivity (Wildman–Crippen MR) is 54.7 cm³/mol. The van der Waals surface area contributed by atoms with Gasteiger partial charge in [0, 0.05) is 5.75 Å². The van der Waals surface area contributed by atoms with E-state index in [1.54, 1.807) is 0 Å². The summed E-state index contributed by atoms with van der Waals surface area (Å²) in [5.74, 6) is 0.845. The van der Waals surface area contributed by atoms with E-state index in [1.165, 1.54) is 21.9 Å². The summed E-state index contributed by atoms with van der Waals surface area (Å²) in [4.78, 5) is 0. The molecule has 0 atom stereocenters. The maximum absolute atomic E-state index is 5.35. The summed E-state index contributed by atoms with van der Waals surface area (Å²) in [7, 11) is 0. The number of halogens is 1. The minimum absolute atomic E-state index is 0.777. The van der Waals surface area contributed by atoms with Gasteiger partial charge in [-0.3, -0.25) is 0 Å². The first-order valence-corrected chi connectivity index (χ1v) is 11.2. The number of hydrogen-bond donors (Lipinski definition) is 0. The van der Waals surface area contributed by atoms with Crippen LogP contribution in [0.3, 0.4) is 0 Å². The van der Waals surface area contributed by atoms with E-state index in [2.05, 4.69) is 26.6 Å². The average Bonchev–Trinajstić information content (AvgIpc) is 2.20. The van der Waals surface area contributed by atoms with E-state index in [-0.39, 0.29) is 0 Å². The van der Waals surface area contributed by atoms with Crippen molar-refractivity contribution < 1.29 is 21.1 Å². The van der Waals surface area contributed by atoms with Crippen LogP contribution in [0.1, 0.15) is 18.9 Å². The van der Waals surface area contributed by atoms with Gasteiger partial charge in [0.2, 0.25) is 0 Å². The second-order valence-corrected chi connectivity index (χ2v) is 2.58. The summed E-state index contributed by atoms with van der Waals surface area (Å²) in [6.45, 7) is 4.91. The van der Waals surface area contributed by atoms with Crippen molar-refractivity contribution in [3.8, 4) is 5.75 Å². The van der Waals surface area contributed by atoms with Gasteiger partial charge in [-0.2, -0.15) is 17.7 Å². The van der Waals surface area contributed by atoms with Crippen molar-refractivity contribution in [2.45, 2.75) is 20.3 Å². The fourth-order valence-electron chi connectivity index (χ4n) is 0.790. The number of hydrogen-bond acceptors (Lipinski definition) is 1. The third kappa shape index (κ3) is 6.23. The molecule has 0 radical (unpaired) electrons. The van der Waals surface area contributed by atoms with Crippen molar-refractivity contribution in [2.24, 2.45) is 0 Å². The molecule has 1 rings (SSSR count). The molecular weight excluding hydrogens is 281 g/mol. The zero-order valence-corrected chi connectivity index (χ0v) is 12.7. The van der Waals surface area contributed by atoms with Crippen LogP contribution in [0.15, 0.2) is 18.2 Å². The van der Waals surface area contributed by atoms with E-state index >= 15 is 0 Å². The first-order valence-electron chi connectivity index (χ1n) is 4.21. The Morgan fingerprint density at radius 1 is 1.46 bits per heavy atom. The molecule has 1 aromatic carbocycles. The molecule has 68 valence electrons. The van der Waals surface area contributed by atoms with Crippen LogP contribution in [-0.2, 0) is 16.3 Å². The van der Waals surface area contributed by atoms with Gasteiger partial charge >= 0.3 is 30.0 Å². The molecule has 0 bridgehead atoms. The van der Waals surface area contributed by atoms with Crippen LogP contribution >= 0.6 is 13.6 Å². The number of rotatable bonds is 3. The van der Waals surface area contributed by atoms with Crippen LogP contribution in [0, 0.1) is 13.0 Å². The normalized spacial score (nSPS) is 8.69. The second-order valence-electron chi connectivity index (χ2n) is 2.58. The van der Waals surface area contributed by atoms with E-state index in [1.807, 2.05) is 25.1 Å². The molecule has 0 saturated carbocycles. The summed E-state index contributed by atoms with van der Waals surface area (Å²) in [6.07, 6.45) is 1.04. The van der Waals surface area contributed by atoms with Gasteiger partial charge in [-0.25, -0.2) is 0 Å². The van der Waals surface area contributed by atoms with E-state index in [4.69, 9.17) is 4.74 Å². The van der Waals surface area contributed by atoms with E-state index in [0.717, 1.165) is 18.8 Å². The Labute approximate surface area is 96.9 Å². The Kier molecular flexibility index (Phi) is 8.79. The molecular formula is C10H13BrOZn. The molecule has 1 nitrogen and oxygen atoms in total. The van der Waals surface area contributed by atoms with E-state index in [0.29, 0.717) is 0 Å². The average molecular weight is 295 g/mol. The fraction of sp³-hybridized carbons (Fsp3) is 0.400. The van der Waals surface area contributed by atoms with Gasteiger partial charge in [-0.1, -0.05) is 13.8 Å². The van der Waals surface area contributed by atoms with Crippen molar-refractivity contribution in [3.05, 3.63) is 29.8 Å². The third-order valence-corrected chi connectivity index (χ3v) is 1.40. The van der Waals surface area contributed by atoms with Gasteiger partial charge in [0.1, 0.15) is 0 Å². The molecule has 0 aromatic heterocycles. The van der Waals surface area contributed by atoms with Gasteiger partial charge in [0.15, 0.2) is 0 Å². The zero-order valence-electron chi connectivity index (χ0n) is 8.14. The molecule has 0 spiro atoms. The SMILES string of the molecule is CCCOc1[c-]cc(C)cc1.[Zn+][Br]. The molecule has 0 N–H and O–H groups in total. The Bertz CT molecular complexity index is 211. The van der Waals surface area contributed by atoms with Gasteiger partial charge in [-0.05, 0) is 6.42 Å². The first kappa shape index (κ1) is 13.1. The van der Waals surface area contributed by atoms with Crippen LogP contribution in [0.25, 0.3) is 0 Å². The molecule has 13 heavy (non-hydrogen) atoms. The topological polar surface area (TPSA) is 9.23 Å². The standard InChI is InChI=1S/C10H13O.BrH.Zn/c1-3-8-11-10-6-4-9(2)5-7-10;;/h4-6H,3,8H2,1-2H3;1H;/q-1;;+2/p-1. The molecule has 0 fully saturated rings. The number of ether oxygens (including phenoxy) is 1. The van der Waals surface area contributed by atoms with Crippen molar-refractivity contribution in [1.82, 2.24) is 0 Å². The summed E-state index contributed by atoms with van der Waals surface area (Å²) in [6, 6.07) is 8.96. The third-order valence-electron chi connectivity index (χ3n) is 1.40. The zero-order chi connectivity index (χ0) is 10.1. The molecule has 0 aliphatic heterocycles. The van der Waals surface area contributed by atoms with E-state index in [9.17, 15) is 0 Å². The molecule has 1 aromatic rings. The Morgan fingerprint density at radius 2 is 2.15 bits per heavy atom. The monoisotopic (exact) mass is 292 g/mol. The van der Waals surface area contributed by atoms with Crippen LogP contribution in [0.2, 0.25) is 0 Å². The quantitative estimate of drug-likeness (QED) is 0.613. The summed E-state index contributed by atoms with van der Waals surface area (Å²) in [5.41, 5.74) is 1.22. The molecule has 0 saturated heterocycles. The van der Waals surface area contributed by atoms with Gasteiger partial charge in [0.05, 0.1) is 6.61 Å². The van der Waals surface area contributed by atoms with Crippen LogP contribution < -0.4 is 4.74 Å². The molecule has 0 unspecified atom stereocenters. The molecule has 3 heteroatoms. The van der Waals surface area contributed by atoms with Crippen molar-refractivity contribution in [1.29, 1.82) is 0 Å². The van der Waals surface area contributed by atoms with Crippen molar-refractivity contribution in [2.75, 3.05) is 6.61 Å². The van der Waals surface area contributed by atoms with Gasteiger partial charge in [-0.15, -0.1) is 12.1 Å². The number of aryl methyl sites for hydroxylation is 1. The van der Waals surface area contributed by atoms with Crippen LogP contribution in [0.5, 0.6) is 5.75 Å². The number of benzene rings is 1. The summed E-state index contributed by atoms with van der Waals surface area (Å²) < 4.78 is 5.35. The molecule has 0 heterocycles. The van der Waals surface area contributed by atoms with Gasteiger partial charge < -0.3 is 4.74 Å². The van der Waals surface area contributed by atoms with E-state index < -0.39 is 0 Å². The predicted octanol–water partition coefficient (Wildman–Crippen LogP) is 3.43. The Hall–Kier alpha value is 0.123. The molecule has 0 amide bonds. The van der Waals surface area contributed by atoms with Gasteiger partial charge in [0.25, 0.3) is 0 Å². The maximum atomic E-state index is 5.35. The van der Waals surface area contributed by atoms with Crippen LogP contribution in [-0.4, -0.2) is 6.61 Å². The Balaban J connectivity index is 0.000000671. The summed E-state index contributed by atoms with van der Waals surface area (Å²) >= 11 is 4.25. The van der Waals surface area contributed by atoms with Crippen molar-refractivity contribution in [3.63, 3.8) is 0 Å². The molecule has 0 aliphatic rings.